The van der Waals surface area contributed by atoms with Crippen LogP contribution >= 0.6 is 23.5 Å². The molecule has 0 unspecified atom stereocenters. The molecule has 2 N–H and O–H groups in total. The van der Waals surface area contributed by atoms with E-state index in [2.05, 4.69) is 69.2 Å². The normalized spacial score (nSPS) is 26.1. The minimum atomic E-state index is -6.63. The van der Waals surface area contributed by atoms with Crippen molar-refractivity contribution < 1.29 is 682 Å². The SMILES string of the molecule is CCCC(Nc1ccc(S[C@@H]2O[C@H](COS(=O)(=O)[O-])[C@@H](O[C@H]3O[C@H](COS(=O)(=O)[O-])[C@@H](OS(=O)(=O)[O-])[C@H](OS(=O)(=O)[O-])[C@H]3OS(=O)(=O)[O-])[C@H](OS(=O)(=O)[O-])[C@H]2OS(=O)(=O)[O-])cc1)Nc1ccc(S[C@@H]2O[C@H](COS(=O)(=O)[O-])[C@@H](O[C@H]3O[C@H](COS(=O)(=O)[O-])[C@@H](OS(=O)(=O)[O-])[C@H](OS(=O)(=O)[O-])[C@H]3OS(=O)(=O)[O-])[C@H](OS(=O)(=O)[O-])[C@H]2OS(=O)(=O)[O-])cc1.[Na+].[Na+].[Na+].[Na+].[Na+].[Na+].[Na+].[Na+].[Na+].[Na+].[Na+].[Na+].[Na+].[Na+]. The van der Waals surface area contributed by atoms with Crippen molar-refractivity contribution in [2.24, 2.45) is 0 Å². The van der Waals surface area contributed by atoms with Crippen molar-refractivity contribution in [2.75, 3.05) is 37.1 Å². The standard InChI is InChI=1S/C40H60N2O62S16.14Na/c1-2-3-24(41-16-4-8-18(9-5-16)105-39-35(103-119(79,80)81)29(97-113(61,62)63)25(20(91-39)12-85-107(43,44)45)93-37-33(101-117(73,74)75)31(99-115(67,68)69)27(95-111(55,56)57)22(89-37)14-87-109(49,50)51)42-17-6-10-19(11-7-17)106-40-36(104-120(82,83)84)30(98-114(64,65)66)26(21(92-40)13-86-108(46,47)48)94-38-34(102-118(76,77)78)32(100-116(70,71)72)28(96-112(58,59)60)23(90-38)15-88-110(52,53)54;;;;;;;;;;;;;;/h4-11,20-42H,2-3,12-15H2,1H3,(H,43,44,45)(H,46,47,48)(H,49,50,51)(H,52,53,54)(H,55,56,57)(H,58,59,60)(H,61,62,63)(H,64,65,66)(H,67,68,69)(H,70,71,72)(H,73,74,75)(H,76,77,78)(H,79,80,81)(H,82,83,84);;;;;;;;;;;;;;/q;14*+1/p-14/t20-,21-,22-,23-,25-,26-,27-,28-,29+,30+,31+,32+,33-,34-,35-,36-,37-,38-,39+,40+;;;;;;;;;;;;;;/m1............../s1. The third kappa shape index (κ3) is 63.9. The quantitative estimate of drug-likeness (QED) is 0.0269. The summed E-state index contributed by atoms with van der Waals surface area (Å²) in [6.07, 6.45) is -60.6. The molecule has 0 bridgehead atoms. The van der Waals surface area contributed by atoms with Crippen LogP contribution in [-0.2, 0) is 233 Å². The molecule has 20 atom stereocenters. The zero-order valence-corrected chi connectivity index (χ0v) is 112. The van der Waals surface area contributed by atoms with Gasteiger partial charge in [0.2, 0.25) is 146 Å². The molecule has 64 nitrogen and oxygen atoms in total. The zero-order valence-electron chi connectivity index (χ0n) is 70.8. The van der Waals surface area contributed by atoms with Gasteiger partial charge in [0.05, 0.1) is 32.6 Å². The average Bonchev–Trinajstić information content (AvgIpc) is 0.756. The zero-order chi connectivity index (χ0) is 91.3. The fourth-order valence-electron chi connectivity index (χ4n) is 10.5. The Morgan fingerprint density at radius 2 is 0.448 bits per heavy atom. The molecule has 2 aromatic rings. The Bertz CT molecular complexity index is 5320. The van der Waals surface area contributed by atoms with Crippen LogP contribution in [0.2, 0.25) is 0 Å². The number of ether oxygens (including phenoxy) is 6. The van der Waals surface area contributed by atoms with Crippen molar-refractivity contribution in [3.63, 3.8) is 0 Å². The molecule has 4 saturated heterocycles. The second-order valence-electron chi connectivity index (χ2n) is 22.7. The van der Waals surface area contributed by atoms with E-state index in [1.807, 2.05) is 0 Å². The number of benzene rings is 2. The Morgan fingerprint density at radius 1 is 0.261 bits per heavy atom. The van der Waals surface area contributed by atoms with Crippen LogP contribution in [0.3, 0.4) is 0 Å². The topological polar surface area (TPSA) is 1010 Å². The van der Waals surface area contributed by atoms with Crippen molar-refractivity contribution in [1.29, 1.82) is 0 Å². The number of rotatable bonds is 46. The van der Waals surface area contributed by atoms with Crippen LogP contribution in [0.25, 0.3) is 0 Å². The fraction of sp³-hybridized carbons (Fsp3) is 0.700. The van der Waals surface area contributed by atoms with E-state index in [4.69, 9.17) is 28.4 Å². The van der Waals surface area contributed by atoms with E-state index < -0.39 is 299 Å². The maximum atomic E-state index is 12.5. The monoisotopic (exact) mass is 2380 g/mol. The van der Waals surface area contributed by atoms with Crippen molar-refractivity contribution in [2.45, 2.75) is 157 Å². The van der Waals surface area contributed by atoms with Gasteiger partial charge in [-0.05, 0) is 55.0 Å². The van der Waals surface area contributed by atoms with E-state index in [0.717, 1.165) is 48.5 Å². The molecule has 2 aromatic carbocycles. The van der Waals surface area contributed by atoms with E-state index >= 15 is 0 Å². The minimum absolute atomic E-state index is 0. The van der Waals surface area contributed by atoms with Crippen LogP contribution in [0.15, 0.2) is 58.3 Å². The molecule has 134 heavy (non-hydrogen) atoms. The Labute approximate surface area is 1080 Å². The summed E-state index contributed by atoms with van der Waals surface area (Å²) >= 11 is 0.0762. The van der Waals surface area contributed by atoms with Gasteiger partial charge in [-0.2, -0.15) is 0 Å². The second kappa shape index (κ2) is 67.8. The van der Waals surface area contributed by atoms with Crippen LogP contribution in [0, 0.1) is 0 Å². The number of hydrogen-bond acceptors (Lipinski definition) is 66. The van der Waals surface area contributed by atoms with E-state index in [-0.39, 0.29) is 471 Å². The summed E-state index contributed by atoms with van der Waals surface area (Å²) in [5.74, 6) is 0. The predicted octanol–water partition coefficient (Wildman–Crippen LogP) is -53.4. The number of hydrogen-bond donors (Lipinski definition) is 2. The Kier molecular flexibility index (Phi) is 82.1. The molecular weight excluding hydrogens is 2340 g/mol. The summed E-state index contributed by atoms with van der Waals surface area (Å²) in [4.78, 5) is -0.644. The first-order valence-corrected chi connectivity index (χ1v) is 50.3. The molecule has 4 aliphatic rings. The van der Waals surface area contributed by atoms with Gasteiger partial charge in [0.1, 0.15) is 96.3 Å². The van der Waals surface area contributed by atoms with Crippen LogP contribution in [0.4, 0.5) is 11.4 Å². The first kappa shape index (κ1) is 162. The summed E-state index contributed by atoms with van der Waals surface area (Å²) < 4.78 is 596. The van der Waals surface area contributed by atoms with Crippen molar-refractivity contribution >= 4 is 180 Å². The van der Waals surface area contributed by atoms with Gasteiger partial charge < -0.3 is 103 Å². The third-order valence-electron chi connectivity index (χ3n) is 14.2. The Hall–Kier alpha value is 10.7. The summed E-state index contributed by atoms with van der Waals surface area (Å²) in [6.45, 7) is -6.65. The third-order valence-corrected chi connectivity index (χ3v) is 22.8. The molecule has 0 radical (unpaired) electrons. The van der Waals surface area contributed by atoms with Crippen molar-refractivity contribution in [3.8, 4) is 0 Å². The maximum absolute atomic E-state index is 12.5. The maximum Gasteiger partial charge on any atom is 1.00 e. The number of nitrogens with one attached hydrogen (secondary N) is 2. The van der Waals surface area contributed by atoms with Crippen LogP contribution in [0.5, 0.6) is 0 Å². The van der Waals surface area contributed by atoms with E-state index in [9.17, 15) is 182 Å². The molecule has 94 heteroatoms. The number of thioether (sulfide) groups is 2. The van der Waals surface area contributed by atoms with Gasteiger partial charge in [0, 0.05) is 21.2 Å². The largest absolute Gasteiger partial charge is 1.00 e. The molecule has 0 aliphatic carbocycles. The first-order valence-electron chi connectivity index (χ1n) is 29.9. The molecule has 0 aromatic heterocycles. The molecule has 0 saturated carbocycles. The second-order valence-corrected chi connectivity index (χ2v) is 39.4. The molecule has 4 aliphatic heterocycles. The van der Waals surface area contributed by atoms with Crippen molar-refractivity contribution in [3.05, 3.63) is 48.5 Å². The van der Waals surface area contributed by atoms with Gasteiger partial charge in [-0.25, -0.2) is 118 Å². The van der Waals surface area contributed by atoms with Gasteiger partial charge in [-0.15, -0.1) is 0 Å². The van der Waals surface area contributed by atoms with Gasteiger partial charge in [0.25, 0.3) is 0 Å². The fourth-order valence-corrected chi connectivity index (χ4v) is 19.0. The van der Waals surface area contributed by atoms with Crippen LogP contribution < -0.4 is 424 Å². The van der Waals surface area contributed by atoms with E-state index in [0.29, 0.717) is 0 Å². The smallest absolute Gasteiger partial charge is 0.726 e. The van der Waals surface area contributed by atoms with Crippen LogP contribution in [0.1, 0.15) is 19.8 Å². The number of anilines is 2. The molecule has 4 fully saturated rings. The van der Waals surface area contributed by atoms with Gasteiger partial charge >= 0.3 is 414 Å². The Morgan fingerprint density at radius 3 is 0.649 bits per heavy atom. The molecule has 0 spiro atoms. The van der Waals surface area contributed by atoms with E-state index in [1.54, 1.807) is 6.92 Å². The summed E-state index contributed by atoms with van der Waals surface area (Å²) in [5, 5.41) is 5.88. The molecule has 4 heterocycles. The molecule has 6 rings (SSSR count). The minimum Gasteiger partial charge on any atom is -0.726 e. The first-order chi connectivity index (χ1) is 54.0. The van der Waals surface area contributed by atoms with Gasteiger partial charge in [0.15, 0.2) is 24.8 Å². The molecule has 0 amide bonds. The predicted molar refractivity (Wildman–Crippen MR) is 343 cm³/mol. The Balaban J connectivity index is -0.00000159. The van der Waals surface area contributed by atoms with Gasteiger partial charge in [-0.3, -0.25) is 58.6 Å². The summed E-state index contributed by atoms with van der Waals surface area (Å²) in [7, 11) is -90.0. The van der Waals surface area contributed by atoms with Crippen molar-refractivity contribution in [1.82, 2.24) is 0 Å². The summed E-state index contributed by atoms with van der Waals surface area (Å²) in [6, 6.07) is 8.53. The average molecular weight is 2380 g/mol. The molecule has 698 valence electrons. The van der Waals surface area contributed by atoms with E-state index in [1.165, 1.54) is 0 Å². The molecular formula is C40H46N2Na14O62S16. The van der Waals surface area contributed by atoms with Gasteiger partial charge in [-0.1, -0.05) is 36.9 Å². The van der Waals surface area contributed by atoms with Crippen LogP contribution in [-0.4, -0.2) is 335 Å². The summed E-state index contributed by atoms with van der Waals surface area (Å²) in [5.41, 5.74) is -5.11.